The van der Waals surface area contributed by atoms with Crippen LogP contribution in [0.1, 0.15) is 74.8 Å². The summed E-state index contributed by atoms with van der Waals surface area (Å²) in [5.74, 6) is -5.84. The smallest absolute Gasteiger partial charge is 0.398 e. The van der Waals surface area contributed by atoms with Gasteiger partial charge < -0.3 is 11.5 Å². The number of nitrogens with two attached hydrogens (primary N) is 2. The lowest BCUT2D eigenvalue weighted by Crippen LogP contribution is -2.35. The Balaban J connectivity index is 1.35. The zero-order chi connectivity index (χ0) is 42.2. The molecule has 7 rings (SSSR count). The van der Waals surface area contributed by atoms with Crippen LogP contribution in [0.4, 0.5) is 49.1 Å². The summed E-state index contributed by atoms with van der Waals surface area (Å²) in [6, 6.07) is 18.9. The predicted molar refractivity (Wildman–Crippen MR) is 190 cm³/mol. The summed E-state index contributed by atoms with van der Waals surface area (Å²) >= 11 is 0. The van der Waals surface area contributed by atoms with Crippen molar-refractivity contribution in [3.05, 3.63) is 128 Å². The molecule has 4 amide bonds. The highest BCUT2D eigenvalue weighted by molar-refractivity contribution is 6.36. The summed E-state index contributed by atoms with van der Waals surface area (Å²) in [6.45, 7) is 0. The first-order valence-electron chi connectivity index (χ1n) is 16.2. The Morgan fingerprint density at radius 3 is 1.17 bits per heavy atom. The largest absolute Gasteiger partial charge is 0.418 e. The number of carbonyl (C=O) groups is 4. The van der Waals surface area contributed by atoms with Crippen LogP contribution >= 0.6 is 0 Å². The van der Waals surface area contributed by atoms with Gasteiger partial charge in [-0.05, 0) is 59.7 Å². The monoisotopic (exact) mass is 786 g/mol. The van der Waals surface area contributed by atoms with Crippen molar-refractivity contribution in [2.75, 3.05) is 21.3 Å². The van der Waals surface area contributed by atoms with Crippen LogP contribution in [0.2, 0.25) is 0 Å². The maximum atomic E-state index is 14.9. The Bertz CT molecular complexity index is 2910. The number of alkyl halides is 6. The van der Waals surface area contributed by atoms with Crippen molar-refractivity contribution in [3.8, 4) is 46.5 Å². The van der Waals surface area contributed by atoms with Gasteiger partial charge in [0.25, 0.3) is 23.6 Å². The summed E-state index contributed by atoms with van der Waals surface area (Å²) in [6.07, 6.45) is -11.5. The third-order valence-electron chi connectivity index (χ3n) is 9.50. The summed E-state index contributed by atoms with van der Waals surface area (Å²) < 4.78 is 89.5. The number of hydrogen-bond acceptors (Lipinski definition) is 10. The minimum absolute atomic E-state index is 0.00299. The first-order chi connectivity index (χ1) is 27.4. The fraction of sp³-hybridized carbons (Fsp3) is 0.0500. The van der Waals surface area contributed by atoms with Gasteiger partial charge in [-0.2, -0.15) is 47.4 Å². The number of anilines is 4. The molecule has 0 saturated heterocycles. The average molecular weight is 787 g/mol. The van der Waals surface area contributed by atoms with Crippen LogP contribution in [0.15, 0.2) is 72.8 Å². The molecule has 0 aromatic heterocycles. The maximum absolute atomic E-state index is 14.9. The fourth-order valence-electron chi connectivity index (χ4n) is 6.87. The predicted octanol–water partition coefficient (Wildman–Crippen LogP) is 7.31. The molecule has 0 saturated carbocycles. The number of amides is 4. The van der Waals surface area contributed by atoms with Crippen molar-refractivity contribution < 1.29 is 45.5 Å². The van der Waals surface area contributed by atoms with Gasteiger partial charge in [-0.25, -0.2) is 9.80 Å². The molecule has 0 aliphatic carbocycles. The molecule has 12 nitrogen and oxygen atoms in total. The number of carbonyl (C=O) groups excluding carboxylic acids is 4. The number of imide groups is 2. The van der Waals surface area contributed by atoms with Gasteiger partial charge in [0.15, 0.2) is 0 Å². The molecular weight excluding hydrogens is 770 g/mol. The Kier molecular flexibility index (Phi) is 8.53. The van der Waals surface area contributed by atoms with Gasteiger partial charge in [0.1, 0.15) is 24.3 Å². The Morgan fingerprint density at radius 2 is 0.793 bits per heavy atom. The molecule has 0 radical (unpaired) electrons. The normalized spacial score (nSPS) is 13.5. The van der Waals surface area contributed by atoms with E-state index in [1.54, 1.807) is 18.2 Å². The van der Waals surface area contributed by atoms with Crippen molar-refractivity contribution in [3.63, 3.8) is 0 Å². The summed E-state index contributed by atoms with van der Waals surface area (Å²) in [4.78, 5) is 54.5. The number of nitrogens with zero attached hydrogens (tertiary/aromatic N) is 6. The lowest BCUT2D eigenvalue weighted by atomic mass is 9.93. The number of nitrogen functional groups attached to an aromatic ring is 2. The molecule has 18 heteroatoms. The molecule has 0 fully saturated rings. The van der Waals surface area contributed by atoms with Crippen molar-refractivity contribution in [1.82, 2.24) is 0 Å². The zero-order valence-electron chi connectivity index (χ0n) is 28.7. The zero-order valence-corrected chi connectivity index (χ0v) is 28.7. The van der Waals surface area contributed by atoms with Gasteiger partial charge >= 0.3 is 12.4 Å². The minimum Gasteiger partial charge on any atom is -0.398 e. The molecular formula is C40H16F6N8O4. The second kappa shape index (κ2) is 13.1. The number of halogens is 6. The SMILES string of the molecule is N#Cc1c(N)ccc(-c2ccc3c(c2)C(=O)N(c2cc(C(F)(F)F)c(N4C(=O)c5ccc(-c6ccc(N)c(C#N)c6C#N)cc5C4=O)c(C(F)(F)F)c2)C3=O)c1C#N. The topological polar surface area (TPSA) is 222 Å². The van der Waals surface area contributed by atoms with E-state index >= 15 is 0 Å². The maximum Gasteiger partial charge on any atom is 0.418 e. The van der Waals surface area contributed by atoms with E-state index < -0.39 is 80.7 Å². The molecule has 0 spiro atoms. The lowest BCUT2D eigenvalue weighted by molar-refractivity contribution is -0.141. The molecule has 5 aromatic rings. The van der Waals surface area contributed by atoms with Gasteiger partial charge in [-0.1, -0.05) is 24.3 Å². The highest BCUT2D eigenvalue weighted by Crippen LogP contribution is 2.50. The highest BCUT2D eigenvalue weighted by atomic mass is 19.4. The number of benzene rings is 5. The molecule has 5 aromatic carbocycles. The van der Waals surface area contributed by atoms with E-state index in [9.17, 15) is 66.6 Å². The van der Waals surface area contributed by atoms with Crippen LogP contribution in [-0.4, -0.2) is 23.6 Å². The van der Waals surface area contributed by atoms with Crippen molar-refractivity contribution >= 4 is 46.4 Å². The van der Waals surface area contributed by atoms with Crippen molar-refractivity contribution in [1.29, 1.82) is 21.0 Å². The fourth-order valence-corrected chi connectivity index (χ4v) is 6.87. The standard InChI is InChI=1S/C40H16F6N8O4/c41-39(42,43)30-11-19(53-35(55)22-3-1-17(9-24(22)37(53)57)20-5-7-32(51)28(15-49)26(20)13-47)12-31(40(44,45)46)34(30)54-36(56)23-4-2-18(10-25(23)38(54)58)21-6-8-33(52)29(16-50)27(21)14-48/h1-12H,51-52H2. The number of fused-ring (bicyclic) bond motifs is 2. The second-order valence-corrected chi connectivity index (χ2v) is 12.6. The Morgan fingerprint density at radius 1 is 0.448 bits per heavy atom. The molecule has 2 heterocycles. The summed E-state index contributed by atoms with van der Waals surface area (Å²) in [5.41, 5.74) is 1.11. The molecule has 4 N–H and O–H groups in total. The van der Waals surface area contributed by atoms with Gasteiger partial charge in [0, 0.05) is 11.1 Å². The van der Waals surface area contributed by atoms with E-state index in [-0.39, 0.29) is 77.8 Å². The third-order valence-corrected chi connectivity index (χ3v) is 9.50. The van der Waals surface area contributed by atoms with Gasteiger partial charge in [-0.15, -0.1) is 0 Å². The summed E-state index contributed by atoms with van der Waals surface area (Å²) in [7, 11) is 0. The second-order valence-electron chi connectivity index (χ2n) is 12.6. The van der Waals surface area contributed by atoms with Gasteiger partial charge in [0.05, 0.1) is 78.4 Å². The molecule has 2 aliphatic rings. The van der Waals surface area contributed by atoms with Crippen LogP contribution in [0, 0.1) is 45.3 Å². The van der Waals surface area contributed by atoms with Crippen LogP contribution in [0.5, 0.6) is 0 Å². The first-order valence-corrected chi connectivity index (χ1v) is 16.2. The average Bonchev–Trinajstić information content (AvgIpc) is 3.58. The van der Waals surface area contributed by atoms with Crippen LogP contribution in [0.25, 0.3) is 22.3 Å². The van der Waals surface area contributed by atoms with E-state index in [1.807, 2.05) is 6.07 Å². The number of hydrogen-bond donors (Lipinski definition) is 2. The molecule has 0 unspecified atom stereocenters. The van der Waals surface area contributed by atoms with Crippen molar-refractivity contribution in [2.45, 2.75) is 12.4 Å². The van der Waals surface area contributed by atoms with E-state index in [2.05, 4.69) is 0 Å². The molecule has 282 valence electrons. The van der Waals surface area contributed by atoms with Crippen LogP contribution in [-0.2, 0) is 12.4 Å². The number of rotatable bonds is 4. The summed E-state index contributed by atoms with van der Waals surface area (Å²) in [5, 5.41) is 38.5. The highest BCUT2D eigenvalue weighted by Gasteiger charge is 2.50. The molecule has 0 atom stereocenters. The van der Waals surface area contributed by atoms with E-state index in [0.29, 0.717) is 0 Å². The van der Waals surface area contributed by atoms with E-state index in [4.69, 9.17) is 11.5 Å². The quantitative estimate of drug-likeness (QED) is 0.105. The third kappa shape index (κ3) is 5.60. The van der Waals surface area contributed by atoms with E-state index in [0.717, 1.165) is 24.3 Å². The van der Waals surface area contributed by atoms with Crippen LogP contribution < -0.4 is 21.3 Å². The van der Waals surface area contributed by atoms with Gasteiger partial charge in [0.2, 0.25) is 0 Å². The van der Waals surface area contributed by atoms with Crippen LogP contribution in [0.3, 0.4) is 0 Å². The molecule has 58 heavy (non-hydrogen) atoms. The Labute approximate surface area is 321 Å². The first kappa shape index (κ1) is 37.8. The molecule has 2 aliphatic heterocycles. The number of nitriles is 4. The lowest BCUT2D eigenvalue weighted by Gasteiger charge is -2.26. The van der Waals surface area contributed by atoms with Gasteiger partial charge in [-0.3, -0.25) is 19.2 Å². The van der Waals surface area contributed by atoms with E-state index in [1.165, 1.54) is 36.4 Å². The minimum atomic E-state index is -5.74. The Hall–Kier alpha value is -8.48. The molecule has 0 bridgehead atoms. The van der Waals surface area contributed by atoms with Crippen molar-refractivity contribution in [2.24, 2.45) is 0 Å².